The van der Waals surface area contributed by atoms with Gasteiger partial charge in [0.2, 0.25) is 0 Å². The zero-order valence-corrected chi connectivity index (χ0v) is 10.7. The molecule has 1 atom stereocenters. The van der Waals surface area contributed by atoms with Gasteiger partial charge in [-0.25, -0.2) is 4.98 Å². The monoisotopic (exact) mass is 267 g/mol. The van der Waals surface area contributed by atoms with Crippen molar-refractivity contribution in [3.05, 3.63) is 30.1 Å². The minimum atomic E-state index is 0.240. The third kappa shape index (κ3) is 1.92. The van der Waals surface area contributed by atoms with Crippen molar-refractivity contribution in [1.29, 1.82) is 0 Å². The van der Waals surface area contributed by atoms with Crippen LogP contribution < -0.4 is 0 Å². The molecule has 1 unspecified atom stereocenters. The van der Waals surface area contributed by atoms with Crippen LogP contribution in [0.1, 0.15) is 10.5 Å². The first-order valence-corrected chi connectivity index (χ1v) is 5.72. The Morgan fingerprint density at radius 3 is 2.80 bits per heavy atom. The molecule has 0 radical (unpaired) electrons. The maximum atomic E-state index is 4.34. The molecule has 80 valence electrons. The van der Waals surface area contributed by atoms with Crippen molar-refractivity contribution in [3.63, 3.8) is 0 Å². The van der Waals surface area contributed by atoms with Crippen LogP contribution in [0, 0.1) is 0 Å². The average Bonchev–Trinajstić information content (AvgIpc) is 2.59. The Morgan fingerprint density at radius 1 is 1.40 bits per heavy atom. The van der Waals surface area contributed by atoms with Crippen LogP contribution >= 0.6 is 15.9 Å². The number of benzene rings is 1. The van der Waals surface area contributed by atoms with Crippen LogP contribution in [0.3, 0.4) is 0 Å². The van der Waals surface area contributed by atoms with Crippen molar-refractivity contribution in [2.45, 2.75) is 4.95 Å². The number of imidazole rings is 1. The second-order valence-electron chi connectivity index (χ2n) is 3.90. The van der Waals surface area contributed by atoms with Gasteiger partial charge in [-0.05, 0) is 31.8 Å². The number of rotatable bonds is 2. The first kappa shape index (κ1) is 10.6. The molecule has 0 bridgehead atoms. The Balaban J connectivity index is 2.47. The third-order valence-electron chi connectivity index (χ3n) is 2.48. The van der Waals surface area contributed by atoms with Gasteiger partial charge in [0, 0.05) is 7.05 Å². The molecular formula is C11H14BrN3. The molecule has 0 fully saturated rings. The molecule has 1 aromatic carbocycles. The summed E-state index contributed by atoms with van der Waals surface area (Å²) in [5.74, 6) is 0. The third-order valence-corrected chi connectivity index (χ3v) is 3.83. The molecule has 0 spiro atoms. The lowest BCUT2D eigenvalue weighted by Crippen LogP contribution is -2.14. The number of nitrogens with zero attached hydrogens (tertiary/aromatic N) is 3. The number of halogens is 1. The largest absolute Gasteiger partial charge is 0.334 e. The fourth-order valence-corrected chi connectivity index (χ4v) is 1.88. The van der Waals surface area contributed by atoms with Gasteiger partial charge in [0.15, 0.2) is 0 Å². The van der Waals surface area contributed by atoms with Crippen LogP contribution in [0.25, 0.3) is 11.0 Å². The molecule has 15 heavy (non-hydrogen) atoms. The van der Waals surface area contributed by atoms with E-state index >= 15 is 0 Å². The van der Waals surface area contributed by atoms with Gasteiger partial charge in [-0.1, -0.05) is 22.0 Å². The SMILES string of the molecule is CN(C)C(Br)c1ccc2c(c1)ncn2C. The zero-order chi connectivity index (χ0) is 11.0. The second kappa shape index (κ2) is 3.94. The van der Waals surface area contributed by atoms with Crippen LogP contribution in [-0.4, -0.2) is 28.5 Å². The molecule has 1 aromatic heterocycles. The lowest BCUT2D eigenvalue weighted by atomic mass is 10.2. The molecule has 0 aliphatic heterocycles. The van der Waals surface area contributed by atoms with Crippen LogP contribution in [0.15, 0.2) is 24.5 Å². The number of hydrogen-bond acceptors (Lipinski definition) is 2. The lowest BCUT2D eigenvalue weighted by molar-refractivity contribution is 0.398. The van der Waals surface area contributed by atoms with Gasteiger partial charge in [0.1, 0.15) is 0 Å². The molecule has 0 aliphatic carbocycles. The van der Waals surface area contributed by atoms with Crippen molar-refractivity contribution in [2.75, 3.05) is 14.1 Å². The highest BCUT2D eigenvalue weighted by molar-refractivity contribution is 9.09. The fourth-order valence-electron chi connectivity index (χ4n) is 1.60. The molecule has 0 amide bonds. The summed E-state index contributed by atoms with van der Waals surface area (Å²) in [7, 11) is 6.09. The summed E-state index contributed by atoms with van der Waals surface area (Å²) in [4.78, 5) is 6.70. The Morgan fingerprint density at radius 2 is 2.13 bits per heavy atom. The van der Waals surface area contributed by atoms with Crippen molar-refractivity contribution in [3.8, 4) is 0 Å². The van der Waals surface area contributed by atoms with E-state index in [0.29, 0.717) is 0 Å². The summed E-state index contributed by atoms with van der Waals surface area (Å²) < 4.78 is 2.03. The van der Waals surface area contributed by atoms with Crippen molar-refractivity contribution in [2.24, 2.45) is 7.05 Å². The molecule has 4 heteroatoms. The number of aromatic nitrogens is 2. The molecule has 0 aliphatic rings. The molecule has 2 aromatic rings. The Kier molecular flexibility index (Phi) is 2.80. The standard InChI is InChI=1S/C11H14BrN3/c1-14(2)11(12)8-4-5-10-9(6-8)13-7-15(10)3/h4-7,11H,1-3H3. The van der Waals surface area contributed by atoms with E-state index in [1.165, 1.54) is 5.56 Å². The molecular weight excluding hydrogens is 254 g/mol. The Hall–Kier alpha value is -0.870. The normalized spacial score (nSPS) is 13.7. The highest BCUT2D eigenvalue weighted by Gasteiger charge is 2.10. The Bertz CT molecular complexity index is 476. The van der Waals surface area contributed by atoms with Crippen molar-refractivity contribution in [1.82, 2.24) is 14.5 Å². The van der Waals surface area contributed by atoms with Crippen molar-refractivity contribution < 1.29 is 0 Å². The minimum Gasteiger partial charge on any atom is -0.334 e. The van der Waals surface area contributed by atoms with E-state index in [9.17, 15) is 0 Å². The van der Waals surface area contributed by atoms with Crippen LogP contribution in [-0.2, 0) is 7.05 Å². The van der Waals surface area contributed by atoms with E-state index < -0.39 is 0 Å². The predicted molar refractivity (Wildman–Crippen MR) is 66.1 cm³/mol. The number of fused-ring (bicyclic) bond motifs is 1. The van der Waals surface area contributed by atoms with Gasteiger partial charge in [-0.15, -0.1) is 0 Å². The predicted octanol–water partition coefficient (Wildman–Crippen LogP) is 2.53. The number of alkyl halides is 1. The van der Waals surface area contributed by atoms with E-state index in [2.05, 4.69) is 44.0 Å². The lowest BCUT2D eigenvalue weighted by Gasteiger charge is -2.18. The van der Waals surface area contributed by atoms with E-state index in [1.54, 1.807) is 0 Å². The maximum Gasteiger partial charge on any atom is 0.0955 e. The summed E-state index contributed by atoms with van der Waals surface area (Å²) >= 11 is 3.63. The molecule has 3 nitrogen and oxygen atoms in total. The quantitative estimate of drug-likeness (QED) is 0.616. The van der Waals surface area contributed by atoms with E-state index in [0.717, 1.165) is 11.0 Å². The second-order valence-corrected chi connectivity index (χ2v) is 4.77. The van der Waals surface area contributed by atoms with Crippen LogP contribution in [0.5, 0.6) is 0 Å². The summed E-state index contributed by atoms with van der Waals surface area (Å²) in [6, 6.07) is 6.35. The van der Waals surface area contributed by atoms with E-state index in [4.69, 9.17) is 0 Å². The van der Waals surface area contributed by atoms with Gasteiger partial charge in [0.05, 0.1) is 22.3 Å². The summed E-state index contributed by atoms with van der Waals surface area (Å²) in [6.07, 6.45) is 1.84. The van der Waals surface area contributed by atoms with E-state index in [-0.39, 0.29) is 4.95 Å². The first-order valence-electron chi connectivity index (χ1n) is 4.81. The average molecular weight is 268 g/mol. The van der Waals surface area contributed by atoms with Crippen LogP contribution in [0.4, 0.5) is 0 Å². The smallest absolute Gasteiger partial charge is 0.0955 e. The highest BCUT2D eigenvalue weighted by Crippen LogP contribution is 2.26. The summed E-state index contributed by atoms with van der Waals surface area (Å²) in [5, 5.41) is 0. The van der Waals surface area contributed by atoms with E-state index in [1.807, 2.05) is 32.0 Å². The fraction of sp³-hybridized carbons (Fsp3) is 0.364. The zero-order valence-electron chi connectivity index (χ0n) is 9.11. The summed E-state index contributed by atoms with van der Waals surface area (Å²) in [5.41, 5.74) is 3.43. The molecule has 0 saturated heterocycles. The molecule has 0 N–H and O–H groups in total. The minimum absolute atomic E-state index is 0.240. The van der Waals surface area contributed by atoms with Gasteiger partial charge in [-0.3, -0.25) is 4.90 Å². The topological polar surface area (TPSA) is 21.1 Å². The molecule has 0 saturated carbocycles. The highest BCUT2D eigenvalue weighted by atomic mass is 79.9. The number of aryl methyl sites for hydroxylation is 1. The van der Waals surface area contributed by atoms with Gasteiger partial charge >= 0.3 is 0 Å². The first-order chi connectivity index (χ1) is 7.09. The van der Waals surface area contributed by atoms with Gasteiger partial charge in [0.25, 0.3) is 0 Å². The Labute approximate surface area is 97.8 Å². The van der Waals surface area contributed by atoms with Gasteiger partial charge < -0.3 is 4.57 Å². The van der Waals surface area contributed by atoms with Crippen molar-refractivity contribution >= 4 is 27.0 Å². The maximum absolute atomic E-state index is 4.34. The van der Waals surface area contributed by atoms with Crippen LogP contribution in [0.2, 0.25) is 0 Å². The number of hydrogen-bond donors (Lipinski definition) is 0. The van der Waals surface area contributed by atoms with Gasteiger partial charge in [-0.2, -0.15) is 0 Å². The molecule has 2 rings (SSSR count). The summed E-state index contributed by atoms with van der Waals surface area (Å²) in [6.45, 7) is 0. The molecule has 1 heterocycles.